The van der Waals surface area contributed by atoms with Crippen molar-refractivity contribution >= 4 is 21.9 Å². The molecule has 0 spiro atoms. The molecule has 0 nitrogen and oxygen atoms in total. The van der Waals surface area contributed by atoms with Crippen molar-refractivity contribution in [1.29, 1.82) is 0 Å². The number of hydrogen-bond acceptors (Lipinski definition) is 0. The second-order valence-corrected chi connectivity index (χ2v) is 21.2. The van der Waals surface area contributed by atoms with Crippen LogP contribution in [-0.4, -0.2) is 5.43 Å². The fourth-order valence-corrected chi connectivity index (χ4v) is 25.9. The van der Waals surface area contributed by atoms with Gasteiger partial charge in [-0.15, -0.1) is 0 Å². The maximum absolute atomic E-state index is 2.54. The zero-order valence-corrected chi connectivity index (χ0v) is 21.5. The summed E-state index contributed by atoms with van der Waals surface area (Å²) >= 11 is -2.09. The summed E-state index contributed by atoms with van der Waals surface area (Å²) in [4.78, 5) is 0. The third-order valence-corrected chi connectivity index (χ3v) is 25.3. The molecule has 2 aliphatic carbocycles. The maximum Gasteiger partial charge on any atom is -1.00 e. The van der Waals surface area contributed by atoms with Gasteiger partial charge >= 0.3 is 176 Å². The first-order chi connectivity index (χ1) is 13.9. The quantitative estimate of drug-likeness (QED) is 0.386. The van der Waals surface area contributed by atoms with Crippen LogP contribution in [0.25, 0.3) is 6.08 Å². The Labute approximate surface area is 199 Å². The third-order valence-electron chi connectivity index (χ3n) is 5.62. The Hall–Kier alpha value is -1.44. The van der Waals surface area contributed by atoms with Gasteiger partial charge in [0.2, 0.25) is 0 Å². The van der Waals surface area contributed by atoms with Gasteiger partial charge in [0.15, 0.2) is 0 Å². The number of rotatable bonds is 4. The second-order valence-electron chi connectivity index (χ2n) is 7.31. The molecule has 0 saturated heterocycles. The maximum atomic E-state index is 2.54. The van der Waals surface area contributed by atoms with E-state index in [1.807, 2.05) is 0 Å². The predicted octanol–water partition coefficient (Wildman–Crippen LogP) is -0.970. The molecule has 30 heavy (non-hydrogen) atoms. The summed E-state index contributed by atoms with van der Waals surface area (Å²) in [6, 6.07) is 31.8. The minimum absolute atomic E-state index is 0. The summed E-state index contributed by atoms with van der Waals surface area (Å²) in [6.45, 7) is 0. The molecular formula is C26H22Cl2SiZr. The first-order valence-electron chi connectivity index (χ1n) is 9.90. The molecule has 2 aliphatic rings. The van der Waals surface area contributed by atoms with Gasteiger partial charge in [-0.25, -0.2) is 0 Å². The van der Waals surface area contributed by atoms with Crippen LogP contribution < -0.4 is 35.2 Å². The van der Waals surface area contributed by atoms with E-state index in [2.05, 4.69) is 115 Å². The fourth-order valence-electron chi connectivity index (χ4n) is 4.35. The molecule has 0 amide bonds. The van der Waals surface area contributed by atoms with E-state index in [9.17, 15) is 0 Å². The standard InChI is InChI=1S/C12H10Si.C9H7.C5H5.2ClH.Zr/c1-3-7-11(8-4-1)13-12-9-5-2-6-10-12;1-2-5-9-7-3-6-8(9)4-1;1-2-4-5-3-1;;;/h1-10H;1-7H;1-3H,4H2;2*1H;/q;;;;;+2/p-2. The van der Waals surface area contributed by atoms with Crippen LogP contribution in [0.2, 0.25) is 0 Å². The molecule has 0 saturated carbocycles. The summed E-state index contributed by atoms with van der Waals surface area (Å²) in [6.07, 6.45) is 13.2. The third kappa shape index (κ3) is 4.58. The van der Waals surface area contributed by atoms with Gasteiger partial charge < -0.3 is 24.8 Å². The van der Waals surface area contributed by atoms with Gasteiger partial charge in [-0.05, 0) is 0 Å². The van der Waals surface area contributed by atoms with Crippen molar-refractivity contribution in [1.82, 2.24) is 0 Å². The minimum atomic E-state index is -2.09. The van der Waals surface area contributed by atoms with Gasteiger partial charge in [0.05, 0.1) is 0 Å². The van der Waals surface area contributed by atoms with Crippen LogP contribution in [-0.2, 0) is 20.4 Å². The van der Waals surface area contributed by atoms with E-state index in [-0.39, 0.29) is 24.8 Å². The molecule has 1 atom stereocenters. The Morgan fingerprint density at radius 2 is 1.33 bits per heavy atom. The number of benzene rings is 3. The number of allylic oxidation sites excluding steroid dienone is 5. The van der Waals surface area contributed by atoms with Gasteiger partial charge in [0, 0.05) is 0 Å². The Balaban J connectivity index is 0.00000128. The topological polar surface area (TPSA) is 0 Å². The summed E-state index contributed by atoms with van der Waals surface area (Å²) in [5.74, 6) is 0. The average Bonchev–Trinajstić information content (AvgIpc) is 3.44. The van der Waals surface area contributed by atoms with Crippen LogP contribution in [0.5, 0.6) is 0 Å². The van der Waals surface area contributed by atoms with Crippen LogP contribution in [0.15, 0.2) is 113 Å². The van der Waals surface area contributed by atoms with Crippen molar-refractivity contribution in [2.24, 2.45) is 0 Å². The summed E-state index contributed by atoms with van der Waals surface area (Å²) in [5.41, 5.74) is 2.19. The first-order valence-corrected chi connectivity index (χ1v) is 17.7. The zero-order valence-electron chi connectivity index (χ0n) is 16.5. The molecule has 0 aliphatic heterocycles. The molecular weight excluding hydrogens is 503 g/mol. The summed E-state index contributed by atoms with van der Waals surface area (Å²) < 4.78 is 2.41. The molecule has 0 N–H and O–H groups in total. The van der Waals surface area contributed by atoms with Crippen LogP contribution in [0.3, 0.4) is 0 Å². The van der Waals surface area contributed by atoms with Crippen molar-refractivity contribution < 1.29 is 45.2 Å². The Kier molecular flexibility index (Phi) is 8.31. The Morgan fingerprint density at radius 1 is 0.733 bits per heavy atom. The van der Waals surface area contributed by atoms with E-state index in [0.29, 0.717) is 3.63 Å². The predicted molar refractivity (Wildman–Crippen MR) is 118 cm³/mol. The van der Waals surface area contributed by atoms with Gasteiger partial charge in [-0.3, -0.25) is 0 Å². The van der Waals surface area contributed by atoms with Gasteiger partial charge in [0.1, 0.15) is 0 Å². The van der Waals surface area contributed by atoms with Crippen molar-refractivity contribution in [3.8, 4) is 0 Å². The summed E-state index contributed by atoms with van der Waals surface area (Å²) in [7, 11) is 0. The fraction of sp³-hybridized carbons (Fsp3) is 0.0769. The van der Waals surface area contributed by atoms with Crippen molar-refractivity contribution in [2.45, 2.75) is 10.0 Å². The van der Waals surface area contributed by atoms with E-state index in [1.165, 1.54) is 5.56 Å². The SMILES string of the molecule is C1=CC[C]([Zr+2]([CH]2C=Cc3ccccc32)=[Si](c2ccccc2)c2ccccc2)=C1.[Cl-].[Cl-]. The minimum Gasteiger partial charge on any atom is -1.00 e. The molecule has 0 fully saturated rings. The van der Waals surface area contributed by atoms with E-state index in [0.717, 1.165) is 6.42 Å². The Bertz CT molecular complexity index is 1090. The molecule has 3 aromatic rings. The van der Waals surface area contributed by atoms with Gasteiger partial charge in [-0.2, -0.15) is 0 Å². The molecule has 4 heteroatoms. The molecule has 5 rings (SSSR count). The monoisotopic (exact) mass is 522 g/mol. The van der Waals surface area contributed by atoms with Gasteiger partial charge in [0.25, 0.3) is 0 Å². The largest absolute Gasteiger partial charge is 1.00 e. The number of halogens is 2. The van der Waals surface area contributed by atoms with Crippen LogP contribution in [0.4, 0.5) is 0 Å². The normalized spacial score (nSPS) is 15.3. The van der Waals surface area contributed by atoms with Crippen LogP contribution in [0.1, 0.15) is 21.2 Å². The number of hydrogen-bond donors (Lipinski definition) is 0. The first kappa shape index (κ1) is 23.2. The van der Waals surface area contributed by atoms with Crippen molar-refractivity contribution in [3.05, 3.63) is 124 Å². The van der Waals surface area contributed by atoms with Gasteiger partial charge in [-0.1, -0.05) is 0 Å². The van der Waals surface area contributed by atoms with E-state index >= 15 is 0 Å². The smallest absolute Gasteiger partial charge is 1.00 e. The Morgan fingerprint density at radius 3 is 1.93 bits per heavy atom. The van der Waals surface area contributed by atoms with E-state index in [1.54, 1.807) is 19.2 Å². The number of fused-ring (bicyclic) bond motifs is 1. The molecule has 148 valence electrons. The second kappa shape index (κ2) is 10.7. The van der Waals surface area contributed by atoms with E-state index in [4.69, 9.17) is 0 Å². The zero-order chi connectivity index (χ0) is 18.8. The molecule has 1 unspecified atom stereocenters. The van der Waals surface area contributed by atoms with Crippen LogP contribution in [0, 0.1) is 0 Å². The van der Waals surface area contributed by atoms with E-state index < -0.39 is 25.8 Å². The molecule has 0 heterocycles. The van der Waals surface area contributed by atoms with Crippen molar-refractivity contribution in [2.75, 3.05) is 0 Å². The molecule has 0 aromatic heterocycles. The summed E-state index contributed by atoms with van der Waals surface area (Å²) in [5, 5.41) is 3.16. The van der Waals surface area contributed by atoms with Crippen LogP contribution >= 0.6 is 0 Å². The van der Waals surface area contributed by atoms with Crippen molar-refractivity contribution in [3.63, 3.8) is 0 Å². The molecule has 0 bridgehead atoms. The average molecular weight is 525 g/mol. The molecule has 0 radical (unpaired) electrons. The molecule has 3 aromatic carbocycles.